The molecule has 5 heteroatoms. The predicted octanol–water partition coefficient (Wildman–Crippen LogP) is 4.68. The zero-order chi connectivity index (χ0) is 17.3. The number of halogens is 1. The zero-order valence-corrected chi connectivity index (χ0v) is 15.4. The molecule has 0 bridgehead atoms. The summed E-state index contributed by atoms with van der Waals surface area (Å²) in [4.78, 5) is 0.208. The fourth-order valence-corrected chi connectivity index (χ4v) is 3.61. The van der Waals surface area contributed by atoms with E-state index in [0.29, 0.717) is 5.02 Å². The molecule has 2 aromatic rings. The average molecular weight is 352 g/mol. The van der Waals surface area contributed by atoms with Gasteiger partial charge in [0.2, 0.25) is 10.0 Å². The normalized spacial score (nSPS) is 13.8. The summed E-state index contributed by atoms with van der Waals surface area (Å²) in [5.74, 6) is 0. The van der Waals surface area contributed by atoms with Crippen LogP contribution < -0.4 is 4.72 Å². The van der Waals surface area contributed by atoms with Crippen LogP contribution in [0.2, 0.25) is 5.02 Å². The molecule has 1 N–H and O–H groups in total. The van der Waals surface area contributed by atoms with Crippen molar-refractivity contribution in [3.05, 3.63) is 64.7 Å². The lowest BCUT2D eigenvalue weighted by Crippen LogP contribution is -2.27. The molecule has 0 unspecified atom stereocenters. The van der Waals surface area contributed by atoms with Crippen molar-refractivity contribution in [2.75, 3.05) is 0 Å². The van der Waals surface area contributed by atoms with Gasteiger partial charge in [-0.1, -0.05) is 56.6 Å². The second-order valence-electron chi connectivity index (χ2n) is 6.67. The summed E-state index contributed by atoms with van der Waals surface area (Å²) in [7, 11) is -3.57. The Kier molecular flexibility index (Phi) is 5.19. The first-order valence-corrected chi connectivity index (χ1v) is 9.34. The number of nitrogens with one attached hydrogen (secondary N) is 1. The van der Waals surface area contributed by atoms with Crippen LogP contribution in [0.1, 0.15) is 44.9 Å². The number of sulfonamides is 1. The first-order valence-electron chi connectivity index (χ1n) is 7.48. The van der Waals surface area contributed by atoms with Crippen molar-refractivity contribution in [1.82, 2.24) is 4.72 Å². The molecule has 2 rings (SSSR count). The molecule has 0 aliphatic rings. The smallest absolute Gasteiger partial charge is 0.207 e. The number of hydrogen-bond donors (Lipinski definition) is 1. The van der Waals surface area contributed by atoms with E-state index in [-0.39, 0.29) is 16.4 Å². The third-order valence-corrected chi connectivity index (χ3v) is 5.54. The van der Waals surface area contributed by atoms with Crippen molar-refractivity contribution >= 4 is 21.6 Å². The van der Waals surface area contributed by atoms with Gasteiger partial charge < -0.3 is 0 Å². The fraction of sp³-hybridized carbons (Fsp3) is 0.333. The molecule has 0 aromatic heterocycles. The minimum atomic E-state index is -3.57. The fourth-order valence-electron chi connectivity index (χ4n) is 2.25. The number of benzene rings is 2. The Morgan fingerprint density at radius 2 is 1.48 bits per heavy atom. The lowest BCUT2D eigenvalue weighted by molar-refractivity contribution is 0.566. The maximum Gasteiger partial charge on any atom is 0.241 e. The van der Waals surface area contributed by atoms with Gasteiger partial charge >= 0.3 is 0 Å². The van der Waals surface area contributed by atoms with Crippen LogP contribution in [0.3, 0.4) is 0 Å². The maximum atomic E-state index is 12.4. The van der Waals surface area contributed by atoms with Gasteiger partial charge in [0.1, 0.15) is 0 Å². The van der Waals surface area contributed by atoms with Crippen LogP contribution >= 0.6 is 11.6 Å². The van der Waals surface area contributed by atoms with E-state index in [2.05, 4.69) is 25.5 Å². The second-order valence-corrected chi connectivity index (χ2v) is 8.82. The van der Waals surface area contributed by atoms with Crippen LogP contribution in [-0.2, 0) is 15.4 Å². The molecule has 23 heavy (non-hydrogen) atoms. The maximum absolute atomic E-state index is 12.4. The van der Waals surface area contributed by atoms with Gasteiger partial charge in [-0.25, -0.2) is 13.1 Å². The van der Waals surface area contributed by atoms with E-state index < -0.39 is 10.0 Å². The summed E-state index contributed by atoms with van der Waals surface area (Å²) >= 11 is 5.80. The summed E-state index contributed by atoms with van der Waals surface area (Å²) in [6, 6.07) is 13.8. The molecule has 3 nitrogen and oxygen atoms in total. The van der Waals surface area contributed by atoms with Crippen molar-refractivity contribution in [2.45, 2.75) is 44.0 Å². The van der Waals surface area contributed by atoms with Crippen molar-refractivity contribution in [3.63, 3.8) is 0 Å². The van der Waals surface area contributed by atoms with E-state index in [1.54, 1.807) is 12.1 Å². The highest BCUT2D eigenvalue weighted by Crippen LogP contribution is 2.24. The van der Waals surface area contributed by atoms with Crippen LogP contribution in [0.15, 0.2) is 53.4 Å². The summed E-state index contributed by atoms with van der Waals surface area (Å²) in [5.41, 5.74) is 2.22. The number of rotatable bonds is 4. The van der Waals surface area contributed by atoms with Crippen LogP contribution in [0, 0.1) is 0 Å². The predicted molar refractivity (Wildman–Crippen MR) is 95.3 cm³/mol. The van der Waals surface area contributed by atoms with Gasteiger partial charge in [0, 0.05) is 11.1 Å². The van der Waals surface area contributed by atoms with Crippen molar-refractivity contribution in [1.29, 1.82) is 0 Å². The van der Waals surface area contributed by atoms with Gasteiger partial charge in [0.25, 0.3) is 0 Å². The molecule has 0 amide bonds. The molecule has 0 fully saturated rings. The third-order valence-electron chi connectivity index (χ3n) is 3.73. The van der Waals surface area contributed by atoms with Gasteiger partial charge in [0.05, 0.1) is 4.90 Å². The molecule has 0 aliphatic carbocycles. The molecule has 124 valence electrons. The zero-order valence-electron chi connectivity index (χ0n) is 13.8. The van der Waals surface area contributed by atoms with Crippen LogP contribution in [-0.4, -0.2) is 8.42 Å². The molecule has 0 heterocycles. The molecule has 0 radical (unpaired) electrons. The molecule has 0 saturated heterocycles. The van der Waals surface area contributed by atoms with Gasteiger partial charge in [0.15, 0.2) is 0 Å². The Morgan fingerprint density at radius 1 is 0.957 bits per heavy atom. The van der Waals surface area contributed by atoms with Crippen molar-refractivity contribution in [3.8, 4) is 0 Å². The van der Waals surface area contributed by atoms with Crippen molar-refractivity contribution < 1.29 is 8.42 Å². The van der Waals surface area contributed by atoms with Crippen LogP contribution in [0.4, 0.5) is 0 Å². The summed E-state index contributed by atoms with van der Waals surface area (Å²) < 4.78 is 27.5. The Labute approximate surface area is 143 Å². The SMILES string of the molecule is C[C@H](NS(=O)(=O)c1ccc(Cl)cc1)c1ccc(C(C)(C)C)cc1. The quantitative estimate of drug-likeness (QED) is 0.869. The van der Waals surface area contributed by atoms with Crippen LogP contribution in [0.5, 0.6) is 0 Å². The highest BCUT2D eigenvalue weighted by atomic mass is 35.5. The van der Waals surface area contributed by atoms with Gasteiger partial charge in [-0.3, -0.25) is 0 Å². The highest BCUT2D eigenvalue weighted by molar-refractivity contribution is 7.89. The molecule has 0 saturated carbocycles. The summed E-state index contributed by atoms with van der Waals surface area (Å²) in [5, 5.41) is 0.509. The Balaban J connectivity index is 2.18. The van der Waals surface area contributed by atoms with Crippen molar-refractivity contribution in [2.24, 2.45) is 0 Å². The largest absolute Gasteiger partial charge is 0.241 e. The molecule has 1 atom stereocenters. The van der Waals surface area contributed by atoms with E-state index in [0.717, 1.165) is 5.56 Å². The van der Waals surface area contributed by atoms with E-state index in [9.17, 15) is 8.42 Å². The van der Waals surface area contributed by atoms with Gasteiger partial charge in [-0.05, 0) is 47.7 Å². The van der Waals surface area contributed by atoms with Gasteiger partial charge in [-0.2, -0.15) is 0 Å². The summed E-state index contributed by atoms with van der Waals surface area (Å²) in [6.45, 7) is 8.28. The second kappa shape index (κ2) is 6.63. The molecular formula is C18H22ClNO2S. The van der Waals surface area contributed by atoms with E-state index >= 15 is 0 Å². The first-order chi connectivity index (χ1) is 10.6. The Morgan fingerprint density at radius 3 is 1.96 bits per heavy atom. The standard InChI is InChI=1S/C18H22ClNO2S/c1-13(14-5-7-15(8-6-14)18(2,3)4)20-23(21,22)17-11-9-16(19)10-12-17/h5-13,20H,1-4H3/t13-/m0/s1. The van der Waals surface area contributed by atoms with Crippen LogP contribution in [0.25, 0.3) is 0 Å². The lowest BCUT2D eigenvalue weighted by Gasteiger charge is -2.20. The molecule has 2 aromatic carbocycles. The lowest BCUT2D eigenvalue weighted by atomic mass is 9.86. The Bertz CT molecular complexity index is 760. The molecule has 0 aliphatic heterocycles. The summed E-state index contributed by atoms with van der Waals surface area (Å²) in [6.07, 6.45) is 0. The Hall–Kier alpha value is -1.36. The van der Waals surface area contributed by atoms with Gasteiger partial charge in [-0.15, -0.1) is 0 Å². The minimum Gasteiger partial charge on any atom is -0.207 e. The third kappa shape index (κ3) is 4.56. The van der Waals surface area contributed by atoms with E-state index in [1.807, 2.05) is 31.2 Å². The highest BCUT2D eigenvalue weighted by Gasteiger charge is 2.19. The number of hydrogen-bond acceptors (Lipinski definition) is 2. The molecule has 0 spiro atoms. The van der Waals surface area contributed by atoms with E-state index in [4.69, 9.17) is 11.6 Å². The first kappa shape index (κ1) is 18.0. The minimum absolute atomic E-state index is 0.0740. The van der Waals surface area contributed by atoms with E-state index in [1.165, 1.54) is 17.7 Å². The monoisotopic (exact) mass is 351 g/mol. The molecular weight excluding hydrogens is 330 g/mol. The topological polar surface area (TPSA) is 46.2 Å². The average Bonchev–Trinajstić information content (AvgIpc) is 2.46.